The highest BCUT2D eigenvalue weighted by Crippen LogP contribution is 2.48. The standard InChI is InChI=1S/C29H45NO/c1-21(2)30(22(3)4)16-9-8-13-25-18-26-20-29(31)27(28(26)19-25)15-7-6-12-24-14-10-11-23(5)17-24/h7,10-11,14-15,17-18,21-22,26-29,31H,6,8-9,12-13,16,19-20H2,1-5H3/b15-7+/t26-,27+,28-,29+/m0/s1. The first-order valence-electron chi connectivity index (χ1n) is 12.7. The molecule has 0 heterocycles. The third-order valence-corrected chi connectivity index (χ3v) is 7.48. The number of nitrogens with zero attached hydrogens (tertiary/aromatic N) is 1. The molecule has 0 saturated heterocycles. The Hall–Kier alpha value is -1.38. The van der Waals surface area contributed by atoms with Crippen molar-refractivity contribution in [3.05, 3.63) is 59.2 Å². The summed E-state index contributed by atoms with van der Waals surface area (Å²) >= 11 is 0. The smallest absolute Gasteiger partial charge is 0.0611 e. The number of fused-ring (bicyclic) bond motifs is 1. The van der Waals surface area contributed by atoms with Gasteiger partial charge in [0, 0.05) is 18.0 Å². The van der Waals surface area contributed by atoms with E-state index in [-0.39, 0.29) is 6.10 Å². The van der Waals surface area contributed by atoms with E-state index in [9.17, 15) is 5.11 Å². The van der Waals surface area contributed by atoms with Gasteiger partial charge in [-0.15, -0.1) is 0 Å². The molecule has 4 atom stereocenters. The summed E-state index contributed by atoms with van der Waals surface area (Å²) in [5.74, 6) is 1.57. The minimum absolute atomic E-state index is 0.159. The maximum Gasteiger partial charge on any atom is 0.0611 e. The van der Waals surface area contributed by atoms with Crippen LogP contribution in [0.3, 0.4) is 0 Å². The summed E-state index contributed by atoms with van der Waals surface area (Å²) < 4.78 is 0. The summed E-state index contributed by atoms with van der Waals surface area (Å²) in [6, 6.07) is 10.1. The van der Waals surface area contributed by atoms with E-state index in [0.29, 0.717) is 29.8 Å². The van der Waals surface area contributed by atoms with Gasteiger partial charge in [0.1, 0.15) is 0 Å². The van der Waals surface area contributed by atoms with Crippen LogP contribution in [0.2, 0.25) is 0 Å². The number of allylic oxidation sites excluding steroid dienone is 3. The van der Waals surface area contributed by atoms with Crippen LogP contribution in [0.4, 0.5) is 0 Å². The largest absolute Gasteiger partial charge is 0.392 e. The number of rotatable bonds is 11. The zero-order valence-corrected chi connectivity index (χ0v) is 20.6. The van der Waals surface area contributed by atoms with Crippen LogP contribution in [0.25, 0.3) is 0 Å². The van der Waals surface area contributed by atoms with E-state index in [1.165, 1.54) is 43.4 Å². The summed E-state index contributed by atoms with van der Waals surface area (Å²) in [4.78, 5) is 2.60. The first-order valence-corrected chi connectivity index (χ1v) is 12.7. The molecule has 0 aromatic heterocycles. The molecular weight excluding hydrogens is 378 g/mol. The van der Waals surface area contributed by atoms with E-state index >= 15 is 0 Å². The Morgan fingerprint density at radius 1 is 1.10 bits per heavy atom. The quantitative estimate of drug-likeness (QED) is 0.315. The predicted octanol–water partition coefficient (Wildman–Crippen LogP) is 6.72. The fourth-order valence-electron chi connectivity index (χ4n) is 5.92. The zero-order valence-electron chi connectivity index (χ0n) is 20.6. The van der Waals surface area contributed by atoms with Gasteiger partial charge in [-0.2, -0.15) is 0 Å². The second-order valence-corrected chi connectivity index (χ2v) is 10.6. The SMILES string of the molecule is Cc1cccc(CC/C=C/[C@@H]2[C@H]3CC(CCCCN(C(C)C)C(C)C)=C[C@H]3C[C@H]2O)c1. The summed E-state index contributed by atoms with van der Waals surface area (Å²) in [6.07, 6.45) is 15.2. The van der Waals surface area contributed by atoms with Crippen LogP contribution in [0, 0.1) is 24.7 Å². The summed E-state index contributed by atoms with van der Waals surface area (Å²) in [7, 11) is 0. The van der Waals surface area contributed by atoms with Crippen LogP contribution in [0.5, 0.6) is 0 Å². The van der Waals surface area contributed by atoms with E-state index in [2.05, 4.69) is 82.0 Å². The van der Waals surface area contributed by atoms with Gasteiger partial charge in [0.05, 0.1) is 6.10 Å². The topological polar surface area (TPSA) is 23.5 Å². The first kappa shape index (κ1) is 24.3. The molecule has 2 heteroatoms. The van der Waals surface area contributed by atoms with Crippen LogP contribution < -0.4 is 0 Å². The third kappa shape index (κ3) is 6.80. The fraction of sp³-hybridized carbons (Fsp3) is 0.655. The van der Waals surface area contributed by atoms with Crippen molar-refractivity contribution >= 4 is 0 Å². The number of benzene rings is 1. The summed E-state index contributed by atoms with van der Waals surface area (Å²) in [5.41, 5.74) is 4.40. The molecule has 3 rings (SSSR count). The molecule has 0 radical (unpaired) electrons. The molecule has 2 aliphatic carbocycles. The number of unbranched alkanes of at least 4 members (excludes halogenated alkanes) is 1. The number of hydrogen-bond donors (Lipinski definition) is 1. The van der Waals surface area contributed by atoms with Crippen molar-refractivity contribution < 1.29 is 5.11 Å². The molecule has 0 unspecified atom stereocenters. The van der Waals surface area contributed by atoms with Gasteiger partial charge in [0.15, 0.2) is 0 Å². The van der Waals surface area contributed by atoms with Crippen molar-refractivity contribution in [2.45, 2.75) is 97.8 Å². The minimum Gasteiger partial charge on any atom is -0.392 e. The lowest BCUT2D eigenvalue weighted by atomic mass is 9.88. The normalized spacial score (nSPS) is 25.9. The zero-order chi connectivity index (χ0) is 22.4. The number of hydrogen-bond acceptors (Lipinski definition) is 2. The van der Waals surface area contributed by atoms with Gasteiger partial charge >= 0.3 is 0 Å². The third-order valence-electron chi connectivity index (χ3n) is 7.48. The van der Waals surface area contributed by atoms with E-state index in [0.717, 1.165) is 19.3 Å². The molecule has 0 aliphatic heterocycles. The van der Waals surface area contributed by atoms with Gasteiger partial charge in [0.2, 0.25) is 0 Å². The van der Waals surface area contributed by atoms with Crippen molar-refractivity contribution in [2.75, 3.05) is 6.54 Å². The molecule has 0 bridgehead atoms. The van der Waals surface area contributed by atoms with Crippen molar-refractivity contribution in [3.8, 4) is 0 Å². The molecule has 1 aromatic rings. The highest BCUT2D eigenvalue weighted by atomic mass is 16.3. The van der Waals surface area contributed by atoms with Gasteiger partial charge < -0.3 is 5.11 Å². The number of aliphatic hydroxyl groups excluding tert-OH is 1. The van der Waals surface area contributed by atoms with E-state index in [4.69, 9.17) is 0 Å². The number of aliphatic hydroxyl groups is 1. The highest BCUT2D eigenvalue weighted by molar-refractivity contribution is 5.23. The van der Waals surface area contributed by atoms with Gasteiger partial charge in [-0.1, -0.05) is 53.6 Å². The molecule has 0 amide bonds. The Labute approximate surface area is 191 Å². The molecule has 2 nitrogen and oxygen atoms in total. The van der Waals surface area contributed by atoms with Gasteiger partial charge in [0.25, 0.3) is 0 Å². The molecule has 31 heavy (non-hydrogen) atoms. The molecule has 1 saturated carbocycles. The lowest BCUT2D eigenvalue weighted by molar-refractivity contribution is 0.141. The lowest BCUT2D eigenvalue weighted by Crippen LogP contribution is -2.37. The van der Waals surface area contributed by atoms with E-state index < -0.39 is 0 Å². The van der Waals surface area contributed by atoms with Gasteiger partial charge in [-0.05, 0) is 104 Å². The monoisotopic (exact) mass is 423 g/mol. The predicted molar refractivity (Wildman–Crippen MR) is 133 cm³/mol. The Balaban J connectivity index is 1.42. The molecule has 172 valence electrons. The fourth-order valence-corrected chi connectivity index (χ4v) is 5.92. The van der Waals surface area contributed by atoms with Crippen molar-refractivity contribution in [1.82, 2.24) is 4.90 Å². The van der Waals surface area contributed by atoms with Crippen LogP contribution >= 0.6 is 0 Å². The highest BCUT2D eigenvalue weighted by Gasteiger charge is 2.43. The average molecular weight is 424 g/mol. The van der Waals surface area contributed by atoms with E-state index in [1.807, 2.05) is 0 Å². The van der Waals surface area contributed by atoms with Crippen molar-refractivity contribution in [2.24, 2.45) is 17.8 Å². The maximum atomic E-state index is 10.6. The Kier molecular flexibility index (Phi) is 8.98. The van der Waals surface area contributed by atoms with Crippen LogP contribution in [-0.2, 0) is 6.42 Å². The second-order valence-electron chi connectivity index (χ2n) is 10.6. The van der Waals surface area contributed by atoms with Crippen LogP contribution in [0.1, 0.15) is 77.3 Å². The second kappa shape index (κ2) is 11.5. The summed E-state index contributed by atoms with van der Waals surface area (Å²) in [5, 5.41) is 10.6. The molecular formula is C29H45NO. The van der Waals surface area contributed by atoms with Crippen LogP contribution in [-0.4, -0.2) is 34.7 Å². The Morgan fingerprint density at radius 2 is 1.87 bits per heavy atom. The Bertz CT molecular complexity index is 739. The lowest BCUT2D eigenvalue weighted by Gasteiger charge is -2.30. The molecule has 0 spiro atoms. The van der Waals surface area contributed by atoms with E-state index in [1.54, 1.807) is 5.57 Å². The van der Waals surface area contributed by atoms with Crippen molar-refractivity contribution in [1.29, 1.82) is 0 Å². The minimum atomic E-state index is -0.159. The number of aryl methyl sites for hydroxylation is 2. The van der Waals surface area contributed by atoms with Crippen molar-refractivity contribution in [3.63, 3.8) is 0 Å². The van der Waals surface area contributed by atoms with Gasteiger partial charge in [-0.25, -0.2) is 0 Å². The molecule has 1 fully saturated rings. The summed E-state index contributed by atoms with van der Waals surface area (Å²) in [6.45, 7) is 12.6. The average Bonchev–Trinajstić information content (AvgIpc) is 3.21. The van der Waals surface area contributed by atoms with Gasteiger partial charge in [-0.3, -0.25) is 4.90 Å². The molecule has 1 aromatic carbocycles. The first-order chi connectivity index (χ1) is 14.8. The maximum absolute atomic E-state index is 10.6. The molecule has 2 aliphatic rings. The molecule has 1 N–H and O–H groups in total. The Morgan fingerprint density at radius 3 is 2.58 bits per heavy atom. The van der Waals surface area contributed by atoms with Crippen LogP contribution in [0.15, 0.2) is 48.1 Å².